The van der Waals surface area contributed by atoms with Crippen molar-refractivity contribution in [1.29, 1.82) is 0 Å². The van der Waals surface area contributed by atoms with Gasteiger partial charge in [0, 0.05) is 6.54 Å². The highest BCUT2D eigenvalue weighted by atomic mass is 16.3. The minimum Gasteiger partial charge on any atom is -0.393 e. The molecule has 0 aromatic carbocycles. The summed E-state index contributed by atoms with van der Waals surface area (Å²) in [6.45, 7) is 1.95. The highest BCUT2D eigenvalue weighted by molar-refractivity contribution is 5.81. The number of carbonyl (C=O) groups excluding carboxylic acids is 1. The lowest BCUT2D eigenvalue weighted by molar-refractivity contribution is -0.132. The van der Waals surface area contributed by atoms with Gasteiger partial charge in [0.1, 0.15) is 5.60 Å². The largest absolute Gasteiger partial charge is 0.393 e. The summed E-state index contributed by atoms with van der Waals surface area (Å²) in [7, 11) is 0. The topological polar surface area (TPSA) is 86.8 Å². The van der Waals surface area contributed by atoms with Gasteiger partial charge in [-0.25, -0.2) is 0 Å². The molecule has 5 nitrogen and oxygen atoms in total. The van der Waals surface area contributed by atoms with Crippen LogP contribution in [0, 0.1) is 0 Å². The van der Waals surface area contributed by atoms with Crippen LogP contribution >= 0.6 is 0 Å². The molecule has 1 amide bonds. The number of likely N-dealkylation sites (tertiary alicyclic amines) is 1. The van der Waals surface area contributed by atoms with Crippen molar-refractivity contribution in [3.63, 3.8) is 0 Å². The second-order valence-corrected chi connectivity index (χ2v) is 3.68. The lowest BCUT2D eigenvalue weighted by Gasteiger charge is -2.21. The summed E-state index contributed by atoms with van der Waals surface area (Å²) >= 11 is 0. The van der Waals surface area contributed by atoms with Crippen LogP contribution in [-0.4, -0.2) is 52.4 Å². The van der Waals surface area contributed by atoms with E-state index < -0.39 is 11.6 Å². The molecule has 1 unspecified atom stereocenters. The third-order valence-corrected chi connectivity index (χ3v) is 2.33. The van der Waals surface area contributed by atoms with E-state index in [0.717, 1.165) is 0 Å². The molecule has 1 saturated heterocycles. The maximum atomic E-state index is 11.4. The van der Waals surface area contributed by atoms with Crippen molar-refractivity contribution >= 4 is 5.91 Å². The fourth-order valence-electron chi connectivity index (χ4n) is 1.46. The Balaban J connectivity index is 2.55. The van der Waals surface area contributed by atoms with Crippen LogP contribution in [-0.2, 0) is 4.79 Å². The van der Waals surface area contributed by atoms with Crippen LogP contribution in [0.25, 0.3) is 0 Å². The Morgan fingerprint density at radius 1 is 1.77 bits per heavy atom. The number of aliphatic hydroxyl groups is 2. The highest BCUT2D eigenvalue weighted by Gasteiger charge is 2.38. The summed E-state index contributed by atoms with van der Waals surface area (Å²) in [4.78, 5) is 12.8. The number of carbonyl (C=O) groups is 1. The number of β-amino-alcohol motifs (C(OH)–C–C–N with tert-alkyl or cyclic N) is 1. The molecule has 0 spiro atoms. The molecule has 13 heavy (non-hydrogen) atoms. The smallest absolute Gasteiger partial charge is 0.239 e. The minimum atomic E-state index is -1.12. The van der Waals surface area contributed by atoms with Gasteiger partial charge >= 0.3 is 0 Å². The molecule has 1 aliphatic heterocycles. The lowest BCUT2D eigenvalue weighted by atomic mass is 10.1. The Morgan fingerprint density at radius 3 is 2.77 bits per heavy atom. The summed E-state index contributed by atoms with van der Waals surface area (Å²) in [6, 6.07) is -0.541. The van der Waals surface area contributed by atoms with E-state index in [-0.39, 0.29) is 19.1 Å². The minimum absolute atomic E-state index is 0.177. The standard InChI is InChI=1S/C8H16N2O3/c1-6(9)7(12)10-3-2-8(13,4-10)5-11/h6,11,13H,2-5,9H2,1H3/t6-,8?/m0/s1. The predicted octanol–water partition coefficient (Wildman–Crippen LogP) is -1.71. The summed E-state index contributed by atoms with van der Waals surface area (Å²) in [5.41, 5.74) is 4.29. The van der Waals surface area contributed by atoms with E-state index in [4.69, 9.17) is 10.8 Å². The van der Waals surface area contributed by atoms with E-state index in [0.29, 0.717) is 13.0 Å². The van der Waals surface area contributed by atoms with Gasteiger partial charge in [-0.3, -0.25) is 4.79 Å². The number of rotatable bonds is 2. The molecule has 76 valence electrons. The lowest BCUT2D eigenvalue weighted by Crippen LogP contribution is -2.44. The number of hydrogen-bond donors (Lipinski definition) is 3. The van der Waals surface area contributed by atoms with E-state index in [1.54, 1.807) is 6.92 Å². The van der Waals surface area contributed by atoms with E-state index in [2.05, 4.69) is 0 Å². The van der Waals surface area contributed by atoms with Crippen LogP contribution in [0.4, 0.5) is 0 Å². The monoisotopic (exact) mass is 188 g/mol. The van der Waals surface area contributed by atoms with Crippen molar-refractivity contribution in [2.24, 2.45) is 5.73 Å². The molecular formula is C8H16N2O3. The molecule has 0 aromatic rings. The van der Waals surface area contributed by atoms with Gasteiger partial charge in [-0.1, -0.05) is 0 Å². The maximum absolute atomic E-state index is 11.4. The van der Waals surface area contributed by atoms with Crippen molar-refractivity contribution in [1.82, 2.24) is 4.90 Å². The molecule has 4 N–H and O–H groups in total. The molecule has 1 heterocycles. The Hall–Kier alpha value is -0.650. The molecule has 5 heteroatoms. The van der Waals surface area contributed by atoms with Crippen LogP contribution in [0.3, 0.4) is 0 Å². The Labute approximate surface area is 77.1 Å². The van der Waals surface area contributed by atoms with Gasteiger partial charge < -0.3 is 20.8 Å². The first-order valence-electron chi connectivity index (χ1n) is 4.36. The summed E-state index contributed by atoms with van der Waals surface area (Å²) in [5, 5.41) is 18.5. The van der Waals surface area contributed by atoms with Crippen molar-refractivity contribution < 1.29 is 15.0 Å². The second kappa shape index (κ2) is 3.61. The first-order valence-corrected chi connectivity index (χ1v) is 4.36. The summed E-state index contributed by atoms with van der Waals surface area (Å²) in [6.07, 6.45) is 0.419. The fourth-order valence-corrected chi connectivity index (χ4v) is 1.46. The molecule has 1 aliphatic rings. The number of nitrogens with zero attached hydrogens (tertiary/aromatic N) is 1. The average Bonchev–Trinajstić information content (AvgIpc) is 2.47. The van der Waals surface area contributed by atoms with Crippen LogP contribution in [0.5, 0.6) is 0 Å². The van der Waals surface area contributed by atoms with Gasteiger partial charge in [-0.15, -0.1) is 0 Å². The van der Waals surface area contributed by atoms with Crippen molar-refractivity contribution in [3.8, 4) is 0 Å². The average molecular weight is 188 g/mol. The van der Waals surface area contributed by atoms with E-state index in [9.17, 15) is 9.90 Å². The Kier molecular flexibility index (Phi) is 2.90. The van der Waals surface area contributed by atoms with Crippen LogP contribution in [0.1, 0.15) is 13.3 Å². The quantitative estimate of drug-likeness (QED) is 0.481. The fraction of sp³-hybridized carbons (Fsp3) is 0.875. The first kappa shape index (κ1) is 10.4. The highest BCUT2D eigenvalue weighted by Crippen LogP contribution is 2.20. The van der Waals surface area contributed by atoms with Gasteiger partial charge in [-0.2, -0.15) is 0 Å². The number of nitrogens with two attached hydrogens (primary N) is 1. The molecular weight excluding hydrogens is 172 g/mol. The SMILES string of the molecule is C[C@H](N)C(=O)N1CCC(O)(CO)C1. The molecule has 2 atom stereocenters. The van der Waals surface area contributed by atoms with Crippen molar-refractivity contribution in [2.75, 3.05) is 19.7 Å². The predicted molar refractivity (Wildman–Crippen MR) is 46.9 cm³/mol. The van der Waals surface area contributed by atoms with Crippen molar-refractivity contribution in [2.45, 2.75) is 25.0 Å². The molecule has 0 aromatic heterocycles. The van der Waals surface area contributed by atoms with Crippen LogP contribution in [0.2, 0.25) is 0 Å². The zero-order valence-electron chi connectivity index (χ0n) is 7.73. The van der Waals surface area contributed by atoms with Crippen LogP contribution < -0.4 is 5.73 Å². The molecule has 0 bridgehead atoms. The third-order valence-electron chi connectivity index (χ3n) is 2.33. The molecule has 0 radical (unpaired) electrons. The number of amides is 1. The zero-order chi connectivity index (χ0) is 10.1. The van der Waals surface area contributed by atoms with E-state index in [1.807, 2.05) is 0 Å². The summed E-state index contributed by atoms with van der Waals surface area (Å²) in [5.74, 6) is -0.177. The van der Waals surface area contributed by atoms with E-state index in [1.165, 1.54) is 4.90 Å². The Morgan fingerprint density at radius 2 is 2.38 bits per heavy atom. The Bertz CT molecular complexity index is 208. The molecule has 0 aliphatic carbocycles. The first-order chi connectivity index (χ1) is 5.98. The number of aliphatic hydroxyl groups excluding tert-OH is 1. The summed E-state index contributed by atoms with van der Waals surface area (Å²) < 4.78 is 0. The maximum Gasteiger partial charge on any atom is 0.239 e. The van der Waals surface area contributed by atoms with Crippen molar-refractivity contribution in [3.05, 3.63) is 0 Å². The van der Waals surface area contributed by atoms with Gasteiger partial charge in [-0.05, 0) is 13.3 Å². The van der Waals surface area contributed by atoms with E-state index >= 15 is 0 Å². The van der Waals surface area contributed by atoms with Crippen LogP contribution in [0.15, 0.2) is 0 Å². The third kappa shape index (κ3) is 2.18. The molecule has 0 saturated carbocycles. The van der Waals surface area contributed by atoms with Gasteiger partial charge in [0.05, 0.1) is 19.2 Å². The van der Waals surface area contributed by atoms with Gasteiger partial charge in [0.15, 0.2) is 0 Å². The normalized spacial score (nSPS) is 30.6. The second-order valence-electron chi connectivity index (χ2n) is 3.68. The van der Waals surface area contributed by atoms with Gasteiger partial charge in [0.2, 0.25) is 5.91 Å². The molecule has 1 fully saturated rings. The number of hydrogen-bond acceptors (Lipinski definition) is 4. The van der Waals surface area contributed by atoms with Gasteiger partial charge in [0.25, 0.3) is 0 Å². The zero-order valence-corrected chi connectivity index (χ0v) is 7.73. The molecule has 1 rings (SSSR count).